The number of halogens is 2. The molecule has 0 N–H and O–H groups in total. The number of amides is 4. The summed E-state index contributed by atoms with van der Waals surface area (Å²) in [5.74, 6) is -1.06. The van der Waals surface area contributed by atoms with Crippen LogP contribution in [-0.2, 0) is 0 Å². The van der Waals surface area contributed by atoms with Crippen molar-refractivity contribution in [2.24, 2.45) is 0 Å². The number of carbonyl (C=O) groups is 4. The zero-order valence-electron chi connectivity index (χ0n) is 33.5. The van der Waals surface area contributed by atoms with Crippen LogP contribution in [0.15, 0.2) is 57.5 Å². The third kappa shape index (κ3) is 9.17. The first-order valence-electron chi connectivity index (χ1n) is 21.5. The molecule has 0 aliphatic carbocycles. The van der Waals surface area contributed by atoms with Crippen molar-refractivity contribution in [2.45, 2.75) is 142 Å². The van der Waals surface area contributed by atoms with Gasteiger partial charge in [0.1, 0.15) is 0 Å². The second-order valence-electron chi connectivity index (χ2n) is 15.9. The molecule has 2 aliphatic heterocycles. The monoisotopic (exact) mass is 884 g/mol. The van der Waals surface area contributed by atoms with Crippen LogP contribution in [0.2, 0.25) is 0 Å². The zero-order chi connectivity index (χ0) is 39.6. The summed E-state index contributed by atoms with van der Waals surface area (Å²) in [6.45, 7) is 5.26. The van der Waals surface area contributed by atoms with Gasteiger partial charge in [0.15, 0.2) is 0 Å². The van der Waals surface area contributed by atoms with E-state index in [-0.39, 0.29) is 23.6 Å². The topological polar surface area (TPSA) is 74.8 Å². The fourth-order valence-corrected chi connectivity index (χ4v) is 9.99. The minimum absolute atomic E-state index is 0.245. The quantitative estimate of drug-likeness (QED) is 0.0549. The van der Waals surface area contributed by atoms with Crippen LogP contribution in [0, 0.1) is 0 Å². The highest BCUT2D eigenvalue weighted by atomic mass is 79.9. The Morgan fingerprint density at radius 2 is 0.696 bits per heavy atom. The molecule has 4 aromatic carbocycles. The van der Waals surface area contributed by atoms with Gasteiger partial charge in [-0.1, -0.05) is 154 Å². The summed E-state index contributed by atoms with van der Waals surface area (Å²) in [6, 6.07) is 15.0. The van der Waals surface area contributed by atoms with Crippen molar-refractivity contribution in [3.8, 4) is 11.1 Å². The number of unbranched alkanes of at least 4 members (excludes halogenated alkanes) is 18. The molecule has 6 nitrogen and oxygen atoms in total. The maximum atomic E-state index is 14.2. The molecule has 0 spiro atoms. The third-order valence-electron chi connectivity index (χ3n) is 11.9. The predicted molar refractivity (Wildman–Crippen MR) is 237 cm³/mol. The molecule has 0 unspecified atom stereocenters. The first-order valence-corrected chi connectivity index (χ1v) is 23.1. The largest absolute Gasteiger partial charge is 0.274 e. The van der Waals surface area contributed by atoms with E-state index in [1.54, 1.807) is 0 Å². The number of hydrogen-bond acceptors (Lipinski definition) is 4. The van der Waals surface area contributed by atoms with Gasteiger partial charge in [0, 0.05) is 55.1 Å². The summed E-state index contributed by atoms with van der Waals surface area (Å²) in [5, 5.41) is 2.85. The number of hydrogen-bond donors (Lipinski definition) is 0. The fourth-order valence-electron chi connectivity index (χ4n) is 8.67. The van der Waals surface area contributed by atoms with Gasteiger partial charge < -0.3 is 0 Å². The van der Waals surface area contributed by atoms with Crippen molar-refractivity contribution in [1.82, 2.24) is 9.80 Å². The molecular weight excluding hydrogens is 828 g/mol. The van der Waals surface area contributed by atoms with Gasteiger partial charge in [-0.25, -0.2) is 0 Å². The summed E-state index contributed by atoms with van der Waals surface area (Å²) >= 11 is 7.73. The average molecular weight is 887 g/mol. The molecule has 6 rings (SSSR count). The average Bonchev–Trinajstić information content (AvgIpc) is 3.20. The molecule has 8 heteroatoms. The molecule has 2 heterocycles. The smallest absolute Gasteiger partial charge is 0.261 e. The highest BCUT2D eigenvalue weighted by Crippen LogP contribution is 2.46. The van der Waals surface area contributed by atoms with Crippen molar-refractivity contribution in [2.75, 3.05) is 13.1 Å². The SMILES string of the molecule is CCCCCCCCCCCCN1C(=O)c2cccc3c(Br)c(-c4cc5c6c(cccc6c4Br)C(=O)N(CCCCCCCCCCCC)C5=O)cc(c23)C1=O. The lowest BCUT2D eigenvalue weighted by Crippen LogP contribution is -2.41. The van der Waals surface area contributed by atoms with E-state index < -0.39 is 0 Å². The maximum absolute atomic E-state index is 14.2. The normalized spacial score (nSPS) is 13.9. The van der Waals surface area contributed by atoms with E-state index in [4.69, 9.17) is 0 Å². The van der Waals surface area contributed by atoms with Crippen LogP contribution in [0.4, 0.5) is 0 Å². The van der Waals surface area contributed by atoms with Gasteiger partial charge in [-0.15, -0.1) is 0 Å². The lowest BCUT2D eigenvalue weighted by atomic mass is 9.87. The van der Waals surface area contributed by atoms with E-state index >= 15 is 0 Å². The fraction of sp³-hybridized carbons (Fsp3) is 0.500. The van der Waals surface area contributed by atoms with E-state index in [2.05, 4.69) is 45.7 Å². The molecule has 0 bridgehead atoms. The minimum atomic E-state index is -0.284. The Bertz CT molecular complexity index is 1930. The van der Waals surface area contributed by atoms with Crippen molar-refractivity contribution >= 4 is 77.0 Å². The summed E-state index contributed by atoms with van der Waals surface area (Å²) < 4.78 is 1.48. The van der Waals surface area contributed by atoms with Crippen LogP contribution in [0.5, 0.6) is 0 Å². The number of carbonyl (C=O) groups excluding carboxylic acids is 4. The van der Waals surface area contributed by atoms with Crippen LogP contribution in [-0.4, -0.2) is 46.5 Å². The summed E-state index contributed by atoms with van der Waals surface area (Å²) in [5.41, 5.74) is 3.52. The van der Waals surface area contributed by atoms with Crippen LogP contribution in [0.1, 0.15) is 184 Å². The molecular formula is C48H58Br2N2O4. The lowest BCUT2D eigenvalue weighted by molar-refractivity contribution is 0.0592. The molecule has 4 aromatic rings. The van der Waals surface area contributed by atoms with Gasteiger partial charge in [0.05, 0.1) is 0 Å². The van der Waals surface area contributed by atoms with Gasteiger partial charge in [0.2, 0.25) is 0 Å². The lowest BCUT2D eigenvalue weighted by Gasteiger charge is -2.29. The highest BCUT2D eigenvalue weighted by Gasteiger charge is 2.36. The predicted octanol–water partition coefficient (Wildman–Crippen LogP) is 14.2. The van der Waals surface area contributed by atoms with Crippen LogP contribution >= 0.6 is 31.9 Å². The Hall–Kier alpha value is -3.36. The number of nitrogens with zero attached hydrogens (tertiary/aromatic N) is 2. The summed E-state index contributed by atoms with van der Waals surface area (Å²) in [7, 11) is 0. The molecule has 0 saturated carbocycles. The van der Waals surface area contributed by atoms with E-state index in [0.717, 1.165) is 69.4 Å². The Labute approximate surface area is 350 Å². The molecule has 298 valence electrons. The van der Waals surface area contributed by atoms with Crippen molar-refractivity contribution < 1.29 is 19.2 Å². The maximum Gasteiger partial charge on any atom is 0.261 e. The second-order valence-corrected chi connectivity index (χ2v) is 17.5. The number of rotatable bonds is 23. The van der Waals surface area contributed by atoms with Crippen LogP contribution in [0.25, 0.3) is 32.7 Å². The Morgan fingerprint density at radius 1 is 0.393 bits per heavy atom. The third-order valence-corrected chi connectivity index (χ3v) is 13.6. The minimum Gasteiger partial charge on any atom is -0.274 e. The number of imide groups is 2. The van der Waals surface area contributed by atoms with Crippen LogP contribution < -0.4 is 0 Å². The Balaban J connectivity index is 1.21. The van der Waals surface area contributed by atoms with E-state index in [0.29, 0.717) is 46.1 Å². The first kappa shape index (κ1) is 42.3. The Kier molecular flexibility index (Phi) is 15.4. The van der Waals surface area contributed by atoms with E-state index in [1.807, 2.05) is 48.5 Å². The molecule has 4 amide bonds. The van der Waals surface area contributed by atoms with Gasteiger partial charge >= 0.3 is 0 Å². The zero-order valence-corrected chi connectivity index (χ0v) is 36.6. The molecule has 56 heavy (non-hydrogen) atoms. The van der Waals surface area contributed by atoms with Gasteiger partial charge in [0.25, 0.3) is 23.6 Å². The molecule has 0 aromatic heterocycles. The molecule has 0 radical (unpaired) electrons. The molecule has 0 fully saturated rings. The van der Waals surface area contributed by atoms with Crippen molar-refractivity contribution in [3.63, 3.8) is 0 Å². The molecule has 0 saturated heterocycles. The van der Waals surface area contributed by atoms with Gasteiger partial charge in [-0.05, 0) is 90.9 Å². The van der Waals surface area contributed by atoms with E-state index in [1.165, 1.54) is 99.7 Å². The van der Waals surface area contributed by atoms with Crippen LogP contribution in [0.3, 0.4) is 0 Å². The second kappa shape index (κ2) is 20.4. The van der Waals surface area contributed by atoms with Crippen molar-refractivity contribution in [1.29, 1.82) is 0 Å². The first-order chi connectivity index (χ1) is 27.3. The van der Waals surface area contributed by atoms with Crippen molar-refractivity contribution in [3.05, 3.63) is 79.7 Å². The molecule has 2 aliphatic rings. The standard InChI is InChI=1S/C48H58Br2N2O4/c1-3-5-7-9-11-13-15-17-19-21-29-51-45(53)35-27-23-25-33-41(35)39(47(51)55)31-37(43(33)49)38-32-40-42-34(44(38)50)26-24-28-36(42)46(54)52(48(40)56)30-22-20-18-16-14-12-10-8-6-4-2/h23-28,31-32H,3-22,29-30H2,1-2H3. The number of benzene rings is 4. The van der Waals surface area contributed by atoms with E-state index in [9.17, 15) is 19.2 Å². The highest BCUT2D eigenvalue weighted by molar-refractivity contribution is 9.11. The van der Waals surface area contributed by atoms with Gasteiger partial charge in [-0.3, -0.25) is 29.0 Å². The Morgan fingerprint density at radius 3 is 1.04 bits per heavy atom. The summed E-state index contributed by atoms with van der Waals surface area (Å²) in [4.78, 5) is 58.9. The molecule has 0 atom stereocenters. The van der Waals surface area contributed by atoms with Gasteiger partial charge in [-0.2, -0.15) is 0 Å². The summed E-state index contributed by atoms with van der Waals surface area (Å²) in [6.07, 6.45) is 23.5.